The van der Waals surface area contributed by atoms with Crippen LogP contribution in [0.25, 0.3) is 10.2 Å². The third-order valence-electron chi connectivity index (χ3n) is 4.81. The van der Waals surface area contributed by atoms with Gasteiger partial charge in [-0.1, -0.05) is 0 Å². The molecular weight excluding hydrogens is 444 g/mol. The van der Waals surface area contributed by atoms with Crippen LogP contribution in [-0.4, -0.2) is 35.9 Å². The molecule has 0 fully saturated rings. The van der Waals surface area contributed by atoms with Crippen LogP contribution in [0.15, 0.2) is 43.7 Å². The van der Waals surface area contributed by atoms with Crippen molar-refractivity contribution in [3.05, 3.63) is 45.6 Å². The SMILES string of the molecule is CCn1c(=O)c(C2=NS(=O)(=O)c3cc(O[C@H](C)C(N)=O)ccc3N2)c(O)c2sccc21. The molecule has 0 saturated carbocycles. The molecule has 1 atom stereocenters. The Balaban J connectivity index is 1.84. The number of hydrogen-bond acceptors (Lipinski definition) is 8. The Bertz CT molecular complexity index is 1420. The standard InChI is InChI=1S/C19H18N4O6S2/c1-3-23-12-6-7-30-16(12)15(24)14(19(23)26)18-21-11-5-4-10(29-9(2)17(20)25)8-13(11)31(27,28)22-18/h4-9,24H,3H2,1-2H3,(H2,20,25)(H,21,22)/t9-/m1/s1. The number of fused-ring (bicyclic) bond motifs is 2. The molecular formula is C19H18N4O6S2. The predicted octanol–water partition coefficient (Wildman–Crippen LogP) is 1.60. The summed E-state index contributed by atoms with van der Waals surface area (Å²) in [4.78, 5) is 24.0. The maximum absolute atomic E-state index is 13.0. The number of thiophene rings is 1. The molecule has 3 heterocycles. The number of pyridine rings is 1. The third-order valence-corrected chi connectivity index (χ3v) is 7.04. The molecule has 4 rings (SSSR count). The Morgan fingerprint density at radius 3 is 2.81 bits per heavy atom. The summed E-state index contributed by atoms with van der Waals surface area (Å²) in [6.07, 6.45) is -0.960. The molecule has 2 aromatic heterocycles. The van der Waals surface area contributed by atoms with Gasteiger partial charge in [-0.15, -0.1) is 15.7 Å². The van der Waals surface area contributed by atoms with Gasteiger partial charge in [0.15, 0.2) is 17.7 Å². The number of nitrogens with one attached hydrogen (secondary N) is 1. The van der Waals surface area contributed by atoms with E-state index in [4.69, 9.17) is 10.5 Å². The zero-order valence-electron chi connectivity index (χ0n) is 16.4. The van der Waals surface area contributed by atoms with Crippen LogP contribution in [0.3, 0.4) is 0 Å². The lowest BCUT2D eigenvalue weighted by atomic mass is 10.2. The summed E-state index contributed by atoms with van der Waals surface area (Å²) in [6.45, 7) is 3.54. The van der Waals surface area contributed by atoms with Gasteiger partial charge in [-0.3, -0.25) is 9.59 Å². The fraction of sp³-hybridized carbons (Fsp3) is 0.211. The molecule has 12 heteroatoms. The summed E-state index contributed by atoms with van der Waals surface area (Å²) in [5.41, 5.74) is 5.09. The maximum atomic E-state index is 13.0. The average molecular weight is 463 g/mol. The number of amidine groups is 1. The quantitative estimate of drug-likeness (QED) is 0.520. The molecule has 0 bridgehead atoms. The number of aryl methyl sites for hydroxylation is 1. The van der Waals surface area contributed by atoms with Gasteiger partial charge in [-0.25, -0.2) is 0 Å². The average Bonchev–Trinajstić information content (AvgIpc) is 3.18. The highest BCUT2D eigenvalue weighted by Gasteiger charge is 2.30. The molecule has 1 aromatic carbocycles. The van der Waals surface area contributed by atoms with Crippen LogP contribution in [0.2, 0.25) is 0 Å². The van der Waals surface area contributed by atoms with Gasteiger partial charge >= 0.3 is 0 Å². The first-order valence-electron chi connectivity index (χ1n) is 9.19. The summed E-state index contributed by atoms with van der Waals surface area (Å²) in [5, 5.41) is 15.3. The summed E-state index contributed by atoms with van der Waals surface area (Å²) in [6, 6.07) is 5.80. The Morgan fingerprint density at radius 2 is 2.13 bits per heavy atom. The van der Waals surface area contributed by atoms with Crippen molar-refractivity contribution in [2.45, 2.75) is 31.4 Å². The molecule has 3 aromatic rings. The van der Waals surface area contributed by atoms with Crippen molar-refractivity contribution in [1.29, 1.82) is 0 Å². The van der Waals surface area contributed by atoms with Gasteiger partial charge in [0.25, 0.3) is 21.5 Å². The van der Waals surface area contributed by atoms with Crippen LogP contribution in [0.5, 0.6) is 11.5 Å². The Kier molecular flexibility index (Phi) is 4.98. The lowest BCUT2D eigenvalue weighted by molar-refractivity contribution is -0.123. The van der Waals surface area contributed by atoms with Crippen LogP contribution < -0.4 is 21.3 Å². The van der Waals surface area contributed by atoms with E-state index in [1.165, 1.54) is 41.0 Å². The van der Waals surface area contributed by atoms with E-state index in [1.54, 1.807) is 18.4 Å². The summed E-state index contributed by atoms with van der Waals surface area (Å²) < 4.78 is 36.7. The van der Waals surface area contributed by atoms with Crippen molar-refractivity contribution < 1.29 is 23.1 Å². The second-order valence-electron chi connectivity index (χ2n) is 6.77. The second-order valence-corrected chi connectivity index (χ2v) is 9.26. The van der Waals surface area contributed by atoms with Crippen LogP contribution in [-0.2, 0) is 21.4 Å². The maximum Gasteiger partial charge on any atom is 0.286 e. The largest absolute Gasteiger partial charge is 0.505 e. The molecule has 4 N–H and O–H groups in total. The monoisotopic (exact) mass is 462 g/mol. The number of ether oxygens (including phenoxy) is 1. The minimum Gasteiger partial charge on any atom is -0.505 e. The van der Waals surface area contributed by atoms with E-state index in [2.05, 4.69) is 9.71 Å². The fourth-order valence-electron chi connectivity index (χ4n) is 3.26. The Labute approximate surface area is 180 Å². The number of rotatable bonds is 5. The Morgan fingerprint density at radius 1 is 1.39 bits per heavy atom. The van der Waals surface area contributed by atoms with E-state index in [1.807, 2.05) is 0 Å². The molecule has 31 heavy (non-hydrogen) atoms. The second kappa shape index (κ2) is 7.39. The van der Waals surface area contributed by atoms with Crippen molar-refractivity contribution in [2.75, 3.05) is 5.32 Å². The van der Waals surface area contributed by atoms with Crippen molar-refractivity contribution in [3.63, 3.8) is 0 Å². The fourth-order valence-corrected chi connectivity index (χ4v) is 5.24. The first kappa shape index (κ1) is 20.9. The number of anilines is 1. The minimum absolute atomic E-state index is 0.116. The molecule has 162 valence electrons. The van der Waals surface area contributed by atoms with E-state index in [-0.39, 0.29) is 33.5 Å². The van der Waals surface area contributed by atoms with E-state index in [0.717, 1.165) is 0 Å². The van der Waals surface area contributed by atoms with Gasteiger partial charge < -0.3 is 25.5 Å². The van der Waals surface area contributed by atoms with E-state index in [9.17, 15) is 23.1 Å². The van der Waals surface area contributed by atoms with Gasteiger partial charge in [0, 0.05) is 12.6 Å². The number of carbonyl (C=O) groups excluding carboxylic acids is 1. The molecule has 1 aliphatic rings. The number of nitrogens with two attached hydrogens (primary N) is 1. The minimum atomic E-state index is -4.24. The van der Waals surface area contributed by atoms with Gasteiger partial charge in [-0.2, -0.15) is 8.42 Å². The van der Waals surface area contributed by atoms with Crippen molar-refractivity contribution in [1.82, 2.24) is 4.57 Å². The normalized spacial score (nSPS) is 15.6. The van der Waals surface area contributed by atoms with Gasteiger partial charge in [0.05, 0.1) is 15.9 Å². The molecule has 0 aliphatic carbocycles. The van der Waals surface area contributed by atoms with Crippen molar-refractivity contribution >= 4 is 49.0 Å². The van der Waals surface area contributed by atoms with Gasteiger partial charge in [0.1, 0.15) is 16.2 Å². The highest BCUT2D eigenvalue weighted by Crippen LogP contribution is 2.35. The number of sulfonamides is 1. The van der Waals surface area contributed by atoms with E-state index >= 15 is 0 Å². The van der Waals surface area contributed by atoms with Crippen LogP contribution in [0.1, 0.15) is 19.4 Å². The lowest BCUT2D eigenvalue weighted by Gasteiger charge is -2.21. The number of aromatic nitrogens is 1. The van der Waals surface area contributed by atoms with Crippen LogP contribution in [0.4, 0.5) is 5.69 Å². The summed E-state index contributed by atoms with van der Waals surface area (Å²) in [5.74, 6) is -1.19. The third kappa shape index (κ3) is 3.43. The lowest BCUT2D eigenvalue weighted by Crippen LogP contribution is -2.32. The van der Waals surface area contributed by atoms with E-state index in [0.29, 0.717) is 16.8 Å². The van der Waals surface area contributed by atoms with Crippen LogP contribution in [0, 0.1) is 0 Å². The van der Waals surface area contributed by atoms with Crippen molar-refractivity contribution in [3.8, 4) is 11.5 Å². The van der Waals surface area contributed by atoms with Crippen molar-refractivity contribution in [2.24, 2.45) is 10.1 Å². The molecule has 1 amide bonds. The van der Waals surface area contributed by atoms with E-state index < -0.39 is 27.6 Å². The molecule has 0 unspecified atom stereocenters. The number of carbonyl (C=O) groups is 1. The molecule has 1 aliphatic heterocycles. The number of amides is 1. The van der Waals surface area contributed by atoms with Crippen LogP contribution >= 0.6 is 11.3 Å². The first-order chi connectivity index (χ1) is 14.6. The number of primary amides is 1. The zero-order valence-corrected chi connectivity index (χ0v) is 18.1. The highest BCUT2D eigenvalue weighted by molar-refractivity contribution is 7.90. The number of benzene rings is 1. The Hall–Kier alpha value is -3.38. The number of hydrogen-bond donors (Lipinski definition) is 3. The summed E-state index contributed by atoms with van der Waals surface area (Å²) in [7, 11) is -4.24. The topological polar surface area (TPSA) is 153 Å². The molecule has 0 radical (unpaired) electrons. The molecule has 0 saturated heterocycles. The zero-order chi connectivity index (χ0) is 22.5. The first-order valence-corrected chi connectivity index (χ1v) is 11.5. The predicted molar refractivity (Wildman–Crippen MR) is 116 cm³/mol. The smallest absolute Gasteiger partial charge is 0.286 e. The van der Waals surface area contributed by atoms with Gasteiger partial charge in [0.2, 0.25) is 0 Å². The molecule has 0 spiro atoms. The number of aromatic hydroxyl groups is 1. The van der Waals surface area contributed by atoms with Gasteiger partial charge in [-0.05, 0) is 37.4 Å². The summed E-state index contributed by atoms with van der Waals surface area (Å²) >= 11 is 1.23. The highest BCUT2D eigenvalue weighted by atomic mass is 32.2. The number of nitrogens with zero attached hydrogens (tertiary/aromatic N) is 2. The molecule has 10 nitrogen and oxygen atoms in total.